The molecule has 0 saturated carbocycles. The fourth-order valence-corrected chi connectivity index (χ4v) is 3.38. The summed E-state index contributed by atoms with van der Waals surface area (Å²) in [5, 5.41) is 3.44. The van der Waals surface area contributed by atoms with Gasteiger partial charge in [0.15, 0.2) is 0 Å². The summed E-state index contributed by atoms with van der Waals surface area (Å²) in [7, 11) is 0. The van der Waals surface area contributed by atoms with Crippen LogP contribution in [0.5, 0.6) is 0 Å². The molecule has 0 saturated heterocycles. The molecule has 0 aliphatic rings. The second kappa shape index (κ2) is 7.52. The lowest BCUT2D eigenvalue weighted by atomic mass is 9.96. The average molecular weight is 415 g/mol. The Morgan fingerprint density at radius 2 is 1.95 bits per heavy atom. The van der Waals surface area contributed by atoms with Crippen LogP contribution in [0, 0.1) is 12.7 Å². The number of halogens is 3. The summed E-state index contributed by atoms with van der Waals surface area (Å²) in [5.74, 6) is -0.205. The van der Waals surface area contributed by atoms with E-state index in [4.69, 9.17) is 0 Å². The van der Waals surface area contributed by atoms with E-state index in [1.165, 1.54) is 0 Å². The van der Waals surface area contributed by atoms with Gasteiger partial charge in [0.05, 0.1) is 10.5 Å². The molecule has 0 aromatic heterocycles. The molecule has 1 unspecified atom stereocenters. The molecule has 0 aliphatic heterocycles. The lowest BCUT2D eigenvalue weighted by Gasteiger charge is -2.21. The molecule has 0 bridgehead atoms. The summed E-state index contributed by atoms with van der Waals surface area (Å²) in [5.41, 5.74) is 2.88. The highest BCUT2D eigenvalue weighted by Gasteiger charge is 2.19. The van der Waals surface area contributed by atoms with Crippen LogP contribution in [0.4, 0.5) is 4.39 Å². The SMILES string of the molecule is CCCNC(c1cc(C)cc(Br)c1)c1cccc(Br)c1F. The van der Waals surface area contributed by atoms with Crippen LogP contribution in [0.25, 0.3) is 0 Å². The van der Waals surface area contributed by atoms with Gasteiger partial charge in [-0.05, 0) is 65.1 Å². The topological polar surface area (TPSA) is 12.0 Å². The van der Waals surface area contributed by atoms with Crippen molar-refractivity contribution in [2.45, 2.75) is 26.3 Å². The van der Waals surface area contributed by atoms with Gasteiger partial charge in [0.25, 0.3) is 0 Å². The van der Waals surface area contributed by atoms with Gasteiger partial charge < -0.3 is 5.32 Å². The lowest BCUT2D eigenvalue weighted by Crippen LogP contribution is -2.24. The summed E-state index contributed by atoms with van der Waals surface area (Å²) in [6.45, 7) is 4.98. The van der Waals surface area contributed by atoms with Gasteiger partial charge in [0.1, 0.15) is 5.82 Å². The van der Waals surface area contributed by atoms with Gasteiger partial charge in [-0.3, -0.25) is 0 Å². The van der Waals surface area contributed by atoms with Crippen molar-refractivity contribution in [2.24, 2.45) is 0 Å². The van der Waals surface area contributed by atoms with Crippen molar-refractivity contribution in [1.29, 1.82) is 0 Å². The molecule has 0 spiro atoms. The number of nitrogens with one attached hydrogen (secondary N) is 1. The van der Waals surface area contributed by atoms with E-state index < -0.39 is 0 Å². The van der Waals surface area contributed by atoms with Crippen molar-refractivity contribution < 1.29 is 4.39 Å². The van der Waals surface area contributed by atoms with Crippen LogP contribution in [-0.2, 0) is 0 Å². The van der Waals surface area contributed by atoms with Gasteiger partial charge in [0, 0.05) is 10.0 Å². The zero-order chi connectivity index (χ0) is 15.4. The van der Waals surface area contributed by atoms with Crippen LogP contribution >= 0.6 is 31.9 Å². The van der Waals surface area contributed by atoms with Crippen LogP contribution in [0.1, 0.15) is 36.1 Å². The van der Waals surface area contributed by atoms with Crippen molar-refractivity contribution in [3.05, 3.63) is 67.9 Å². The highest BCUT2D eigenvalue weighted by atomic mass is 79.9. The average Bonchev–Trinajstić information content (AvgIpc) is 2.42. The highest BCUT2D eigenvalue weighted by molar-refractivity contribution is 9.10. The van der Waals surface area contributed by atoms with Crippen LogP contribution in [0.2, 0.25) is 0 Å². The van der Waals surface area contributed by atoms with E-state index >= 15 is 0 Å². The number of rotatable bonds is 5. The normalized spacial score (nSPS) is 12.4. The van der Waals surface area contributed by atoms with Crippen molar-refractivity contribution in [1.82, 2.24) is 5.32 Å². The summed E-state index contributed by atoms with van der Waals surface area (Å²) >= 11 is 6.80. The standard InChI is InChI=1S/C17H18Br2FN/c1-3-7-21-17(12-8-11(2)9-13(18)10-12)14-5-4-6-15(19)16(14)20/h4-6,8-10,17,21H,3,7H2,1-2H3. The largest absolute Gasteiger partial charge is 0.306 e. The zero-order valence-corrected chi connectivity index (χ0v) is 15.3. The van der Waals surface area contributed by atoms with Gasteiger partial charge in [-0.2, -0.15) is 0 Å². The third-order valence-corrected chi connectivity index (χ3v) is 4.36. The predicted octanol–water partition coefficient (Wildman–Crippen LogP) is 5.75. The summed E-state index contributed by atoms with van der Waals surface area (Å²) in [6.07, 6.45) is 0.999. The number of benzene rings is 2. The minimum Gasteiger partial charge on any atom is -0.306 e. The minimum atomic E-state index is -0.205. The summed E-state index contributed by atoms with van der Waals surface area (Å²) < 4.78 is 16.0. The first-order valence-electron chi connectivity index (χ1n) is 6.97. The molecule has 21 heavy (non-hydrogen) atoms. The fraction of sp³-hybridized carbons (Fsp3) is 0.294. The quantitative estimate of drug-likeness (QED) is 0.656. The molecule has 0 radical (unpaired) electrons. The Balaban J connectivity index is 2.49. The second-order valence-corrected chi connectivity index (χ2v) is 6.86. The van der Waals surface area contributed by atoms with E-state index in [0.717, 1.165) is 28.6 Å². The Hall–Kier alpha value is -0.710. The number of aryl methyl sites for hydroxylation is 1. The molecule has 2 aromatic rings. The second-order valence-electron chi connectivity index (χ2n) is 5.09. The van der Waals surface area contributed by atoms with Crippen LogP contribution < -0.4 is 5.32 Å². The Labute approximate surface area is 142 Å². The summed E-state index contributed by atoms with van der Waals surface area (Å²) in [4.78, 5) is 0. The van der Waals surface area contributed by atoms with E-state index in [2.05, 4.69) is 56.2 Å². The van der Waals surface area contributed by atoms with Crippen LogP contribution in [-0.4, -0.2) is 6.54 Å². The first kappa shape index (κ1) is 16.7. The molecule has 1 N–H and O–H groups in total. The van der Waals surface area contributed by atoms with E-state index in [-0.39, 0.29) is 11.9 Å². The van der Waals surface area contributed by atoms with E-state index in [1.807, 2.05) is 25.1 Å². The van der Waals surface area contributed by atoms with Gasteiger partial charge >= 0.3 is 0 Å². The molecular formula is C17H18Br2FN. The highest BCUT2D eigenvalue weighted by Crippen LogP contribution is 2.30. The molecule has 0 amide bonds. The Bertz CT molecular complexity index is 608. The van der Waals surface area contributed by atoms with E-state index in [9.17, 15) is 4.39 Å². The van der Waals surface area contributed by atoms with Gasteiger partial charge in [-0.1, -0.05) is 41.1 Å². The first-order chi connectivity index (χ1) is 10.0. The molecule has 0 heterocycles. The Morgan fingerprint density at radius 3 is 2.62 bits per heavy atom. The van der Waals surface area contributed by atoms with Gasteiger partial charge in [-0.25, -0.2) is 4.39 Å². The van der Waals surface area contributed by atoms with Crippen molar-refractivity contribution in [2.75, 3.05) is 6.54 Å². The Kier molecular flexibility index (Phi) is 5.97. The van der Waals surface area contributed by atoms with Crippen molar-refractivity contribution in [3.63, 3.8) is 0 Å². The summed E-state index contributed by atoms with van der Waals surface area (Å²) in [6, 6.07) is 11.5. The minimum absolute atomic E-state index is 0.154. The smallest absolute Gasteiger partial charge is 0.142 e. The molecule has 112 valence electrons. The molecule has 1 nitrogen and oxygen atoms in total. The molecule has 2 rings (SSSR count). The molecule has 4 heteroatoms. The maximum absolute atomic E-state index is 14.5. The molecule has 2 aromatic carbocycles. The molecule has 0 fully saturated rings. The Morgan fingerprint density at radius 1 is 1.19 bits per heavy atom. The van der Waals surface area contributed by atoms with Gasteiger partial charge in [0.2, 0.25) is 0 Å². The van der Waals surface area contributed by atoms with Gasteiger partial charge in [-0.15, -0.1) is 0 Å². The lowest BCUT2D eigenvalue weighted by molar-refractivity contribution is 0.543. The molecule has 1 atom stereocenters. The van der Waals surface area contributed by atoms with Crippen LogP contribution in [0.15, 0.2) is 45.3 Å². The van der Waals surface area contributed by atoms with Crippen molar-refractivity contribution >= 4 is 31.9 Å². The third kappa shape index (κ3) is 4.15. The monoisotopic (exact) mass is 413 g/mol. The fourth-order valence-electron chi connectivity index (χ4n) is 2.37. The number of hydrogen-bond donors (Lipinski definition) is 1. The maximum atomic E-state index is 14.5. The number of hydrogen-bond acceptors (Lipinski definition) is 1. The molecule has 0 aliphatic carbocycles. The third-order valence-electron chi connectivity index (χ3n) is 3.29. The van der Waals surface area contributed by atoms with Crippen molar-refractivity contribution in [3.8, 4) is 0 Å². The predicted molar refractivity (Wildman–Crippen MR) is 93.1 cm³/mol. The van der Waals surface area contributed by atoms with E-state index in [1.54, 1.807) is 6.07 Å². The van der Waals surface area contributed by atoms with Crippen LogP contribution in [0.3, 0.4) is 0 Å². The zero-order valence-electron chi connectivity index (χ0n) is 12.1. The molecular weight excluding hydrogens is 397 g/mol. The maximum Gasteiger partial charge on any atom is 0.142 e. The first-order valence-corrected chi connectivity index (χ1v) is 8.56. The van der Waals surface area contributed by atoms with E-state index in [0.29, 0.717) is 10.0 Å².